The number of hydrogen-bond acceptors (Lipinski definition) is 2. The highest BCUT2D eigenvalue weighted by atomic mass is 16.5. The Bertz CT molecular complexity index is 160. The van der Waals surface area contributed by atoms with Crippen molar-refractivity contribution in [2.75, 3.05) is 13.2 Å². The molecule has 1 aliphatic carbocycles. The van der Waals surface area contributed by atoms with Crippen molar-refractivity contribution >= 4 is 0 Å². The van der Waals surface area contributed by atoms with Gasteiger partial charge in [0, 0.05) is 11.5 Å². The third-order valence-electron chi connectivity index (χ3n) is 2.16. The van der Waals surface area contributed by atoms with Crippen LogP contribution in [0.25, 0.3) is 10.4 Å². The Balaban J connectivity index is 2.01. The van der Waals surface area contributed by atoms with E-state index in [2.05, 4.69) is 10.0 Å². The van der Waals surface area contributed by atoms with Crippen LogP contribution in [0.15, 0.2) is 5.11 Å². The van der Waals surface area contributed by atoms with Gasteiger partial charge in [-0.2, -0.15) is 0 Å². The predicted molar refractivity (Wildman–Crippen MR) is 46.8 cm³/mol. The normalized spacial score (nSPS) is 18.7. The Hall–Kier alpha value is -0.730. The van der Waals surface area contributed by atoms with Crippen molar-refractivity contribution in [3.05, 3.63) is 10.4 Å². The van der Waals surface area contributed by atoms with Crippen LogP contribution < -0.4 is 0 Å². The molecule has 0 aromatic carbocycles. The van der Waals surface area contributed by atoms with E-state index < -0.39 is 0 Å². The molecule has 0 atom stereocenters. The second-order valence-corrected chi connectivity index (χ2v) is 3.09. The summed E-state index contributed by atoms with van der Waals surface area (Å²) < 4.78 is 5.52. The van der Waals surface area contributed by atoms with E-state index in [4.69, 9.17) is 10.3 Å². The summed E-state index contributed by atoms with van der Waals surface area (Å²) in [6.07, 6.45) is 6.69. The van der Waals surface area contributed by atoms with Crippen LogP contribution >= 0.6 is 0 Å². The van der Waals surface area contributed by atoms with E-state index in [9.17, 15) is 0 Å². The van der Waals surface area contributed by atoms with Gasteiger partial charge in [0.15, 0.2) is 0 Å². The molecule has 4 heteroatoms. The molecule has 0 bridgehead atoms. The van der Waals surface area contributed by atoms with E-state index in [1.54, 1.807) is 0 Å². The quantitative estimate of drug-likeness (QED) is 0.276. The molecule has 0 spiro atoms. The molecule has 1 aliphatic rings. The molecule has 4 nitrogen and oxygen atoms in total. The van der Waals surface area contributed by atoms with Gasteiger partial charge < -0.3 is 4.74 Å². The Morgan fingerprint density at radius 1 is 1.33 bits per heavy atom. The van der Waals surface area contributed by atoms with Gasteiger partial charge in [-0.05, 0) is 18.4 Å². The van der Waals surface area contributed by atoms with E-state index in [1.165, 1.54) is 32.1 Å². The highest BCUT2D eigenvalue weighted by Crippen LogP contribution is 2.19. The monoisotopic (exact) mass is 169 g/mol. The van der Waals surface area contributed by atoms with E-state index in [0.717, 1.165) is 0 Å². The summed E-state index contributed by atoms with van der Waals surface area (Å²) in [5.74, 6) is 0. The maximum atomic E-state index is 8.01. The summed E-state index contributed by atoms with van der Waals surface area (Å²) in [5, 5.41) is 3.41. The second-order valence-electron chi connectivity index (χ2n) is 3.09. The molecule has 0 unspecified atom stereocenters. The molecule has 0 N–H and O–H groups in total. The minimum atomic E-state index is 0.424. The molecule has 1 fully saturated rings. The first-order valence-electron chi connectivity index (χ1n) is 4.56. The summed E-state index contributed by atoms with van der Waals surface area (Å²) in [5.41, 5.74) is 8.01. The molecule has 0 radical (unpaired) electrons. The van der Waals surface area contributed by atoms with Crippen LogP contribution in [0.3, 0.4) is 0 Å². The molecule has 1 rings (SSSR count). The van der Waals surface area contributed by atoms with Gasteiger partial charge in [-0.1, -0.05) is 24.4 Å². The molecule has 0 amide bonds. The molecular formula is C8H15N3O. The average molecular weight is 169 g/mol. The van der Waals surface area contributed by atoms with Crippen LogP contribution in [0.1, 0.15) is 32.1 Å². The predicted octanol–water partition coefficient (Wildman–Crippen LogP) is 2.65. The van der Waals surface area contributed by atoms with Crippen molar-refractivity contribution in [2.24, 2.45) is 5.11 Å². The molecule has 68 valence electrons. The molecule has 0 saturated heterocycles. The summed E-state index contributed by atoms with van der Waals surface area (Å²) in [7, 11) is 0. The van der Waals surface area contributed by atoms with Crippen LogP contribution in [0.2, 0.25) is 0 Å². The minimum absolute atomic E-state index is 0.424. The lowest BCUT2D eigenvalue weighted by atomic mass is 9.98. The fraction of sp³-hybridized carbons (Fsp3) is 1.00. The zero-order valence-corrected chi connectivity index (χ0v) is 7.28. The van der Waals surface area contributed by atoms with E-state index >= 15 is 0 Å². The zero-order chi connectivity index (χ0) is 8.65. The third-order valence-corrected chi connectivity index (χ3v) is 2.16. The number of rotatable bonds is 4. The maximum Gasteiger partial charge on any atom is 0.0575 e. The van der Waals surface area contributed by atoms with Crippen molar-refractivity contribution in [3.63, 3.8) is 0 Å². The zero-order valence-electron chi connectivity index (χ0n) is 7.28. The Morgan fingerprint density at radius 3 is 2.75 bits per heavy atom. The maximum absolute atomic E-state index is 8.01. The molecule has 0 aromatic heterocycles. The molecule has 0 aromatic rings. The number of azide groups is 1. The molecule has 1 saturated carbocycles. The van der Waals surface area contributed by atoms with Crippen LogP contribution in [-0.2, 0) is 4.74 Å². The third kappa shape index (κ3) is 3.60. The standard InChI is InChI=1S/C8H15N3O/c9-11-10-6-7-12-8-4-2-1-3-5-8/h8H,1-7H2. The Kier molecular flexibility index (Phi) is 4.57. The Morgan fingerprint density at radius 2 is 2.08 bits per heavy atom. The van der Waals surface area contributed by atoms with Gasteiger partial charge >= 0.3 is 0 Å². The lowest BCUT2D eigenvalue weighted by molar-refractivity contribution is 0.0333. The van der Waals surface area contributed by atoms with Gasteiger partial charge in [-0.15, -0.1) is 0 Å². The van der Waals surface area contributed by atoms with Gasteiger partial charge in [0.2, 0.25) is 0 Å². The number of ether oxygens (including phenoxy) is 1. The Labute approximate surface area is 72.5 Å². The van der Waals surface area contributed by atoms with Crippen LogP contribution in [-0.4, -0.2) is 19.3 Å². The minimum Gasteiger partial charge on any atom is -0.378 e. The lowest BCUT2D eigenvalue weighted by Gasteiger charge is -2.21. The van der Waals surface area contributed by atoms with Crippen LogP contribution in [0.5, 0.6) is 0 Å². The molecule has 12 heavy (non-hydrogen) atoms. The summed E-state index contributed by atoms with van der Waals surface area (Å²) in [6.45, 7) is 1.04. The SMILES string of the molecule is [N-]=[N+]=NCCOC1CCCCC1. The van der Waals surface area contributed by atoms with Gasteiger partial charge in [-0.25, -0.2) is 0 Å². The lowest BCUT2D eigenvalue weighted by Crippen LogP contribution is -2.17. The van der Waals surface area contributed by atoms with Crippen LogP contribution in [0.4, 0.5) is 0 Å². The van der Waals surface area contributed by atoms with E-state index in [1.807, 2.05) is 0 Å². The first-order chi connectivity index (χ1) is 5.93. The fourth-order valence-electron chi connectivity index (χ4n) is 1.54. The van der Waals surface area contributed by atoms with Crippen molar-refractivity contribution in [1.29, 1.82) is 0 Å². The van der Waals surface area contributed by atoms with Gasteiger partial charge in [0.1, 0.15) is 0 Å². The summed E-state index contributed by atoms with van der Waals surface area (Å²) >= 11 is 0. The van der Waals surface area contributed by atoms with Gasteiger partial charge in [-0.3, -0.25) is 0 Å². The van der Waals surface area contributed by atoms with Gasteiger partial charge in [0.05, 0.1) is 12.7 Å². The van der Waals surface area contributed by atoms with Crippen LogP contribution in [0, 0.1) is 0 Å². The smallest absolute Gasteiger partial charge is 0.0575 e. The average Bonchev–Trinajstić information content (AvgIpc) is 2.14. The fourth-order valence-corrected chi connectivity index (χ4v) is 1.54. The summed E-state index contributed by atoms with van der Waals surface area (Å²) in [6, 6.07) is 0. The van der Waals surface area contributed by atoms with Crippen molar-refractivity contribution in [1.82, 2.24) is 0 Å². The van der Waals surface area contributed by atoms with E-state index in [0.29, 0.717) is 19.3 Å². The van der Waals surface area contributed by atoms with Crippen molar-refractivity contribution in [3.8, 4) is 0 Å². The van der Waals surface area contributed by atoms with Crippen molar-refractivity contribution in [2.45, 2.75) is 38.2 Å². The number of hydrogen-bond donors (Lipinski definition) is 0. The first kappa shape index (κ1) is 9.36. The van der Waals surface area contributed by atoms with Gasteiger partial charge in [0.25, 0.3) is 0 Å². The first-order valence-corrected chi connectivity index (χ1v) is 4.56. The summed E-state index contributed by atoms with van der Waals surface area (Å²) in [4.78, 5) is 2.66. The van der Waals surface area contributed by atoms with Crippen molar-refractivity contribution < 1.29 is 4.74 Å². The highest BCUT2D eigenvalue weighted by Gasteiger charge is 2.12. The molecule has 0 heterocycles. The largest absolute Gasteiger partial charge is 0.378 e. The van der Waals surface area contributed by atoms with E-state index in [-0.39, 0.29) is 0 Å². The molecular weight excluding hydrogens is 154 g/mol. The number of nitrogens with zero attached hydrogens (tertiary/aromatic N) is 3. The second kappa shape index (κ2) is 5.86. The molecule has 0 aliphatic heterocycles. The topological polar surface area (TPSA) is 58.0 Å². The highest BCUT2D eigenvalue weighted by molar-refractivity contribution is 4.65.